The highest BCUT2D eigenvalue weighted by Gasteiger charge is 2.22. The number of hydrogen-bond acceptors (Lipinski definition) is 3. The highest BCUT2D eigenvalue weighted by Crippen LogP contribution is 2.14. The first-order chi connectivity index (χ1) is 10.2. The molecule has 1 aromatic heterocycles. The van der Waals surface area contributed by atoms with E-state index in [9.17, 15) is 0 Å². The molecule has 0 saturated heterocycles. The van der Waals surface area contributed by atoms with Crippen molar-refractivity contribution >= 4 is 0 Å². The van der Waals surface area contributed by atoms with Crippen LogP contribution in [0.15, 0.2) is 6.07 Å². The van der Waals surface area contributed by atoms with E-state index in [1.165, 1.54) is 11.4 Å². The fourth-order valence-corrected chi connectivity index (χ4v) is 2.78. The third kappa shape index (κ3) is 5.44. The van der Waals surface area contributed by atoms with Crippen LogP contribution >= 0.6 is 0 Å². The molecule has 4 nitrogen and oxygen atoms in total. The Balaban J connectivity index is 2.85. The van der Waals surface area contributed by atoms with Crippen LogP contribution in [0.5, 0.6) is 0 Å². The molecule has 4 heteroatoms. The van der Waals surface area contributed by atoms with Gasteiger partial charge in [0.25, 0.3) is 0 Å². The molecule has 0 saturated carbocycles. The topological polar surface area (TPSA) is 39.1 Å². The number of hydrogen-bond donors (Lipinski definition) is 1. The molecule has 1 N–H and O–H groups in total. The van der Waals surface area contributed by atoms with Crippen LogP contribution in [0.2, 0.25) is 0 Å². The van der Waals surface area contributed by atoms with Crippen LogP contribution in [0, 0.1) is 0 Å². The molecule has 1 aromatic rings. The van der Waals surface area contributed by atoms with E-state index in [4.69, 9.17) is 4.74 Å². The van der Waals surface area contributed by atoms with Gasteiger partial charge in [0.1, 0.15) is 0 Å². The highest BCUT2D eigenvalue weighted by atomic mass is 16.5. The Hall–Kier alpha value is -0.870. The van der Waals surface area contributed by atoms with E-state index in [2.05, 4.69) is 48.9 Å². The van der Waals surface area contributed by atoms with Crippen molar-refractivity contribution in [3.05, 3.63) is 17.5 Å². The number of nitrogens with one attached hydrogen (secondary N) is 1. The number of nitrogens with zero attached hydrogens (tertiary/aromatic N) is 2. The largest absolute Gasteiger partial charge is 0.380 e. The van der Waals surface area contributed by atoms with Crippen molar-refractivity contribution in [2.24, 2.45) is 0 Å². The van der Waals surface area contributed by atoms with Gasteiger partial charge in [-0.05, 0) is 38.8 Å². The zero-order valence-corrected chi connectivity index (χ0v) is 14.5. The minimum Gasteiger partial charge on any atom is -0.380 e. The Bertz CT molecular complexity index is 389. The van der Waals surface area contributed by atoms with E-state index in [-0.39, 0.29) is 6.10 Å². The first kappa shape index (κ1) is 18.2. The maximum atomic E-state index is 5.74. The molecule has 21 heavy (non-hydrogen) atoms. The lowest BCUT2D eigenvalue weighted by atomic mass is 10.0. The summed E-state index contributed by atoms with van der Waals surface area (Å²) in [7, 11) is 1.83. The zero-order chi connectivity index (χ0) is 15.7. The molecule has 0 radical (unpaired) electrons. The first-order valence-electron chi connectivity index (χ1n) is 8.51. The van der Waals surface area contributed by atoms with Crippen molar-refractivity contribution in [1.29, 1.82) is 0 Å². The number of aromatic nitrogens is 2. The summed E-state index contributed by atoms with van der Waals surface area (Å²) in [5.74, 6) is 0. The third-order valence-electron chi connectivity index (χ3n) is 3.99. The Kier molecular flexibility index (Phi) is 8.62. The zero-order valence-electron chi connectivity index (χ0n) is 14.5. The maximum absolute atomic E-state index is 5.74. The van der Waals surface area contributed by atoms with Crippen LogP contribution in [0.3, 0.4) is 0 Å². The van der Waals surface area contributed by atoms with Crippen molar-refractivity contribution in [3.63, 3.8) is 0 Å². The van der Waals surface area contributed by atoms with Gasteiger partial charge in [0, 0.05) is 31.8 Å². The van der Waals surface area contributed by atoms with E-state index in [1.807, 2.05) is 7.11 Å². The molecule has 0 amide bonds. The molecule has 2 atom stereocenters. The van der Waals surface area contributed by atoms with Gasteiger partial charge in [0.15, 0.2) is 0 Å². The summed E-state index contributed by atoms with van der Waals surface area (Å²) in [5.41, 5.74) is 2.51. The van der Waals surface area contributed by atoms with E-state index >= 15 is 0 Å². The van der Waals surface area contributed by atoms with E-state index in [1.54, 1.807) is 0 Å². The SMILES string of the molecule is CCCNC(Cc1cc(CC)nn1CC)C(CCC)OC. The Labute approximate surface area is 130 Å². The summed E-state index contributed by atoms with van der Waals surface area (Å²) in [5, 5.41) is 8.33. The molecule has 0 aliphatic heterocycles. The number of aryl methyl sites for hydroxylation is 2. The fourth-order valence-electron chi connectivity index (χ4n) is 2.78. The number of ether oxygens (including phenoxy) is 1. The van der Waals surface area contributed by atoms with Gasteiger partial charge in [-0.1, -0.05) is 27.2 Å². The summed E-state index contributed by atoms with van der Waals surface area (Å²) >= 11 is 0. The predicted molar refractivity (Wildman–Crippen MR) is 88.8 cm³/mol. The summed E-state index contributed by atoms with van der Waals surface area (Å²) in [4.78, 5) is 0. The van der Waals surface area contributed by atoms with Gasteiger partial charge in [-0.25, -0.2) is 0 Å². The van der Waals surface area contributed by atoms with Gasteiger partial charge in [-0.15, -0.1) is 0 Å². The van der Waals surface area contributed by atoms with Gasteiger partial charge in [0.05, 0.1) is 11.8 Å². The van der Waals surface area contributed by atoms with Crippen molar-refractivity contribution in [2.45, 2.75) is 78.5 Å². The second-order valence-corrected chi connectivity index (χ2v) is 5.62. The lowest BCUT2D eigenvalue weighted by Gasteiger charge is -2.27. The third-order valence-corrected chi connectivity index (χ3v) is 3.99. The molecule has 0 aliphatic rings. The monoisotopic (exact) mass is 295 g/mol. The predicted octanol–water partition coefficient (Wildman–Crippen LogP) is 3.19. The number of methoxy groups -OCH3 is 1. The van der Waals surface area contributed by atoms with E-state index in [0.29, 0.717) is 6.04 Å². The minimum absolute atomic E-state index is 0.270. The Morgan fingerprint density at radius 3 is 2.52 bits per heavy atom. The molecular formula is C17H33N3O. The molecular weight excluding hydrogens is 262 g/mol. The summed E-state index contributed by atoms with van der Waals surface area (Å²) in [6.07, 6.45) is 5.64. The normalized spacial score (nSPS) is 14.3. The second-order valence-electron chi connectivity index (χ2n) is 5.62. The lowest BCUT2D eigenvalue weighted by Crippen LogP contribution is -2.43. The second kappa shape index (κ2) is 9.96. The Morgan fingerprint density at radius 1 is 1.24 bits per heavy atom. The van der Waals surface area contributed by atoms with Crippen molar-refractivity contribution < 1.29 is 4.74 Å². The molecule has 0 spiro atoms. The van der Waals surface area contributed by atoms with Crippen LogP contribution < -0.4 is 5.32 Å². The minimum atomic E-state index is 0.270. The molecule has 0 fully saturated rings. The highest BCUT2D eigenvalue weighted by molar-refractivity contribution is 5.12. The van der Waals surface area contributed by atoms with Crippen LogP contribution in [0.25, 0.3) is 0 Å². The summed E-state index contributed by atoms with van der Waals surface area (Å²) in [6.45, 7) is 10.7. The van der Waals surface area contributed by atoms with Crippen molar-refractivity contribution in [3.8, 4) is 0 Å². The first-order valence-corrected chi connectivity index (χ1v) is 8.51. The average Bonchev–Trinajstić information content (AvgIpc) is 2.91. The van der Waals surface area contributed by atoms with Gasteiger partial charge in [0.2, 0.25) is 0 Å². The molecule has 0 aromatic carbocycles. The standard InChI is InChI=1S/C17H33N3O/c1-6-10-17(21-5)16(18-11-7-2)13-15-12-14(8-3)19-20(15)9-4/h12,16-18H,6-11,13H2,1-5H3. The van der Waals surface area contributed by atoms with Crippen LogP contribution in [0.1, 0.15) is 58.3 Å². The van der Waals surface area contributed by atoms with Crippen molar-refractivity contribution in [2.75, 3.05) is 13.7 Å². The maximum Gasteiger partial charge on any atom is 0.0728 e. The quantitative estimate of drug-likeness (QED) is 0.681. The average molecular weight is 295 g/mol. The van der Waals surface area contributed by atoms with Gasteiger partial charge in [-0.2, -0.15) is 5.10 Å². The fraction of sp³-hybridized carbons (Fsp3) is 0.824. The van der Waals surface area contributed by atoms with Crippen LogP contribution in [-0.4, -0.2) is 35.6 Å². The molecule has 1 heterocycles. The molecule has 2 unspecified atom stereocenters. The van der Waals surface area contributed by atoms with Gasteiger partial charge in [-0.3, -0.25) is 4.68 Å². The van der Waals surface area contributed by atoms with Crippen molar-refractivity contribution in [1.82, 2.24) is 15.1 Å². The summed E-state index contributed by atoms with van der Waals surface area (Å²) < 4.78 is 7.87. The molecule has 122 valence electrons. The van der Waals surface area contributed by atoms with Crippen LogP contribution in [-0.2, 0) is 24.1 Å². The van der Waals surface area contributed by atoms with Gasteiger partial charge >= 0.3 is 0 Å². The molecule has 0 bridgehead atoms. The molecule has 1 rings (SSSR count). The lowest BCUT2D eigenvalue weighted by molar-refractivity contribution is 0.0603. The smallest absolute Gasteiger partial charge is 0.0728 e. The number of rotatable bonds is 11. The molecule has 0 aliphatic carbocycles. The summed E-state index contributed by atoms with van der Waals surface area (Å²) in [6, 6.07) is 2.62. The van der Waals surface area contributed by atoms with Gasteiger partial charge < -0.3 is 10.1 Å². The van der Waals surface area contributed by atoms with Crippen LogP contribution in [0.4, 0.5) is 0 Å². The van der Waals surface area contributed by atoms with E-state index < -0.39 is 0 Å². The van der Waals surface area contributed by atoms with E-state index in [0.717, 1.165) is 45.2 Å². The Morgan fingerprint density at radius 2 is 2.00 bits per heavy atom.